The zero-order chi connectivity index (χ0) is 45.5. The molecule has 0 radical (unpaired) electrons. The Morgan fingerprint density at radius 1 is 0.279 bits per heavy atom. The molecule has 1 atom stereocenters. The third kappa shape index (κ3) is 5.06. The Labute approximate surface area is 399 Å². The second-order valence-corrected chi connectivity index (χ2v) is 20.3. The molecule has 14 rings (SSSR count). The van der Waals surface area contributed by atoms with E-state index in [4.69, 9.17) is 0 Å². The van der Waals surface area contributed by atoms with E-state index in [2.05, 4.69) is 257 Å². The van der Waals surface area contributed by atoms with Crippen LogP contribution in [-0.2, 0) is 16.2 Å². The highest BCUT2D eigenvalue weighted by molar-refractivity contribution is 6.03. The summed E-state index contributed by atoms with van der Waals surface area (Å²) in [6, 6.07) is 85.0. The standard InChI is InChI=1S/C67H49N/c1-65(2)55-29-13-10-23-52(55)62-47(25-16-32-58(62)65)43-35-37-44(38-36-43)68(45-39-40-50-48-21-8-12-28-54(48)66(3,4)60(50)41-45)61-34-18-27-51-49-22-9-14-30-56(49)67(64(51)61)57-31-15-11-24-53(57)63-46(26-17-33-59(63)67)42-19-6-5-7-20-42/h5-41H,1-4H3. The third-order valence-corrected chi connectivity index (χ3v) is 16.3. The van der Waals surface area contributed by atoms with E-state index in [1.165, 1.54) is 117 Å². The van der Waals surface area contributed by atoms with Crippen molar-refractivity contribution in [2.45, 2.75) is 43.9 Å². The molecule has 0 amide bonds. The molecule has 1 unspecified atom stereocenters. The Morgan fingerprint density at radius 2 is 0.706 bits per heavy atom. The predicted octanol–water partition coefficient (Wildman–Crippen LogP) is 17.4. The molecule has 0 saturated heterocycles. The molecule has 4 aliphatic rings. The summed E-state index contributed by atoms with van der Waals surface area (Å²) in [5.74, 6) is 0. The van der Waals surface area contributed by atoms with Crippen LogP contribution in [0.1, 0.15) is 72.2 Å². The Hall–Kier alpha value is -8.00. The minimum absolute atomic E-state index is 0.0692. The molecule has 0 aliphatic heterocycles. The number of benzene rings is 10. The van der Waals surface area contributed by atoms with Crippen LogP contribution in [0, 0.1) is 0 Å². The van der Waals surface area contributed by atoms with Gasteiger partial charge in [-0.2, -0.15) is 0 Å². The Bertz CT molecular complexity index is 3740. The van der Waals surface area contributed by atoms with Crippen LogP contribution in [0.5, 0.6) is 0 Å². The number of fused-ring (bicyclic) bond motifs is 16. The van der Waals surface area contributed by atoms with Gasteiger partial charge in [0.05, 0.1) is 11.1 Å². The van der Waals surface area contributed by atoms with Gasteiger partial charge in [-0.1, -0.05) is 222 Å². The lowest BCUT2D eigenvalue weighted by Gasteiger charge is -2.36. The summed E-state index contributed by atoms with van der Waals surface area (Å²) in [6.07, 6.45) is 0. The SMILES string of the molecule is CC1(C)c2ccccc2-c2ccc(N(c3ccc(-c4cccc5c4-c4ccccc4C5(C)C)cc3)c3cccc4c3C3(c5ccccc5-4)c4ccccc4-c4c(-c5ccccc5)cccc43)cc21. The van der Waals surface area contributed by atoms with E-state index in [0.29, 0.717) is 0 Å². The van der Waals surface area contributed by atoms with Gasteiger partial charge >= 0.3 is 0 Å². The van der Waals surface area contributed by atoms with Crippen molar-refractivity contribution >= 4 is 17.1 Å². The molecule has 10 aromatic rings. The lowest BCUT2D eigenvalue weighted by Crippen LogP contribution is -2.28. The van der Waals surface area contributed by atoms with E-state index in [0.717, 1.165) is 11.4 Å². The first-order chi connectivity index (χ1) is 33.3. The van der Waals surface area contributed by atoms with Crippen molar-refractivity contribution < 1.29 is 0 Å². The van der Waals surface area contributed by atoms with Crippen LogP contribution in [0.25, 0.3) is 66.8 Å². The van der Waals surface area contributed by atoms with Gasteiger partial charge in [0.25, 0.3) is 0 Å². The molecule has 1 spiro atoms. The number of nitrogens with zero attached hydrogens (tertiary/aromatic N) is 1. The summed E-state index contributed by atoms with van der Waals surface area (Å²) in [7, 11) is 0. The molecular formula is C67H49N. The molecule has 0 N–H and O–H groups in total. The van der Waals surface area contributed by atoms with Gasteiger partial charge in [0.1, 0.15) is 0 Å². The summed E-state index contributed by atoms with van der Waals surface area (Å²) >= 11 is 0. The summed E-state index contributed by atoms with van der Waals surface area (Å²) in [6.45, 7) is 9.51. The van der Waals surface area contributed by atoms with Gasteiger partial charge < -0.3 is 4.90 Å². The minimum atomic E-state index is -0.575. The fraction of sp³-hybridized carbons (Fsp3) is 0.104. The van der Waals surface area contributed by atoms with E-state index >= 15 is 0 Å². The maximum absolute atomic E-state index is 2.57. The fourth-order valence-corrected chi connectivity index (χ4v) is 13.3. The van der Waals surface area contributed by atoms with Crippen molar-refractivity contribution in [1.29, 1.82) is 0 Å². The van der Waals surface area contributed by atoms with E-state index in [1.807, 2.05) is 0 Å². The van der Waals surface area contributed by atoms with Crippen LogP contribution >= 0.6 is 0 Å². The molecular weight excluding hydrogens is 819 g/mol. The Balaban J connectivity index is 1.03. The zero-order valence-electron chi connectivity index (χ0n) is 38.8. The second-order valence-electron chi connectivity index (χ2n) is 20.3. The number of rotatable bonds is 5. The first-order valence-electron chi connectivity index (χ1n) is 24.2. The van der Waals surface area contributed by atoms with E-state index in [1.54, 1.807) is 0 Å². The van der Waals surface area contributed by atoms with Crippen molar-refractivity contribution in [3.63, 3.8) is 0 Å². The summed E-state index contributed by atoms with van der Waals surface area (Å²) < 4.78 is 0. The quantitative estimate of drug-likeness (QED) is 0.167. The first-order valence-corrected chi connectivity index (χ1v) is 24.2. The van der Waals surface area contributed by atoms with Gasteiger partial charge in [-0.05, 0) is 136 Å². The van der Waals surface area contributed by atoms with E-state index < -0.39 is 5.41 Å². The minimum Gasteiger partial charge on any atom is -0.310 e. The lowest BCUT2D eigenvalue weighted by atomic mass is 9.69. The molecule has 0 fully saturated rings. The highest BCUT2D eigenvalue weighted by Crippen LogP contribution is 2.67. The summed E-state index contributed by atoms with van der Waals surface area (Å²) in [5, 5.41) is 0. The topological polar surface area (TPSA) is 3.24 Å². The van der Waals surface area contributed by atoms with Gasteiger partial charge in [0, 0.05) is 27.8 Å². The molecule has 0 saturated carbocycles. The molecule has 0 aromatic heterocycles. The van der Waals surface area contributed by atoms with Crippen LogP contribution in [-0.4, -0.2) is 0 Å². The normalized spacial score (nSPS) is 16.5. The summed E-state index contributed by atoms with van der Waals surface area (Å²) in [5.41, 5.74) is 29.0. The zero-order valence-corrected chi connectivity index (χ0v) is 38.8. The lowest BCUT2D eigenvalue weighted by molar-refractivity contribution is 0.660. The van der Waals surface area contributed by atoms with E-state index in [9.17, 15) is 0 Å². The van der Waals surface area contributed by atoms with Crippen LogP contribution in [0.4, 0.5) is 17.1 Å². The molecule has 1 heteroatoms. The largest absolute Gasteiger partial charge is 0.310 e. The maximum atomic E-state index is 2.57. The molecule has 68 heavy (non-hydrogen) atoms. The van der Waals surface area contributed by atoms with Crippen molar-refractivity contribution in [3.05, 3.63) is 269 Å². The number of hydrogen-bond donors (Lipinski definition) is 0. The van der Waals surface area contributed by atoms with Crippen LogP contribution in [0.15, 0.2) is 224 Å². The molecule has 0 heterocycles. The van der Waals surface area contributed by atoms with Crippen LogP contribution < -0.4 is 4.90 Å². The van der Waals surface area contributed by atoms with E-state index in [-0.39, 0.29) is 10.8 Å². The van der Waals surface area contributed by atoms with Crippen LogP contribution in [0.3, 0.4) is 0 Å². The molecule has 0 bridgehead atoms. The van der Waals surface area contributed by atoms with Gasteiger partial charge in [0.2, 0.25) is 0 Å². The average molecular weight is 868 g/mol. The molecule has 322 valence electrons. The predicted molar refractivity (Wildman–Crippen MR) is 283 cm³/mol. The fourth-order valence-electron chi connectivity index (χ4n) is 13.3. The highest BCUT2D eigenvalue weighted by Gasteiger charge is 2.54. The highest BCUT2D eigenvalue weighted by atomic mass is 15.1. The van der Waals surface area contributed by atoms with Gasteiger partial charge in [-0.15, -0.1) is 0 Å². The Morgan fingerprint density at radius 3 is 1.40 bits per heavy atom. The second kappa shape index (κ2) is 14.0. The van der Waals surface area contributed by atoms with Crippen molar-refractivity contribution in [1.82, 2.24) is 0 Å². The number of anilines is 3. The average Bonchev–Trinajstić information content (AvgIpc) is 4.02. The number of hydrogen-bond acceptors (Lipinski definition) is 1. The molecule has 10 aromatic carbocycles. The van der Waals surface area contributed by atoms with Crippen LogP contribution in [0.2, 0.25) is 0 Å². The van der Waals surface area contributed by atoms with Crippen molar-refractivity contribution in [3.8, 4) is 66.8 Å². The van der Waals surface area contributed by atoms with Gasteiger partial charge in [0.15, 0.2) is 0 Å². The van der Waals surface area contributed by atoms with Gasteiger partial charge in [-0.25, -0.2) is 0 Å². The molecule has 4 aliphatic carbocycles. The van der Waals surface area contributed by atoms with Gasteiger partial charge in [-0.3, -0.25) is 0 Å². The van der Waals surface area contributed by atoms with Crippen molar-refractivity contribution in [2.75, 3.05) is 4.90 Å². The maximum Gasteiger partial charge on any atom is 0.0746 e. The smallest absolute Gasteiger partial charge is 0.0746 e. The monoisotopic (exact) mass is 867 g/mol. The third-order valence-electron chi connectivity index (χ3n) is 16.3. The van der Waals surface area contributed by atoms with Crippen molar-refractivity contribution in [2.24, 2.45) is 0 Å². The summed E-state index contributed by atoms with van der Waals surface area (Å²) in [4.78, 5) is 2.57. The molecule has 1 nitrogen and oxygen atoms in total. The Kier molecular flexibility index (Phi) is 8.08. The first kappa shape index (κ1) is 39.2.